The molecule has 0 radical (unpaired) electrons. The van der Waals surface area contributed by atoms with Crippen molar-refractivity contribution in [2.75, 3.05) is 32.1 Å². The number of likely N-dealkylation sites (tertiary alicyclic amines) is 1. The zero-order chi connectivity index (χ0) is 20.8. The average molecular weight is 398 g/mol. The SMILES string of the molecule is COc1nnccc1NC(=O)c1cc(C)c(OCC(=O)N2CCCCC2)c(C)c1. The molecule has 154 valence electrons. The number of piperidine rings is 1. The maximum Gasteiger partial charge on any atom is 0.260 e. The molecule has 8 nitrogen and oxygen atoms in total. The van der Waals surface area contributed by atoms with E-state index in [0.717, 1.165) is 37.1 Å². The lowest BCUT2D eigenvalue weighted by atomic mass is 10.0. The number of aryl methyl sites for hydroxylation is 2. The summed E-state index contributed by atoms with van der Waals surface area (Å²) in [6.45, 7) is 5.32. The van der Waals surface area contributed by atoms with E-state index in [2.05, 4.69) is 15.5 Å². The average Bonchev–Trinajstić information content (AvgIpc) is 2.73. The lowest BCUT2D eigenvalue weighted by molar-refractivity contribution is -0.134. The Kier molecular flexibility index (Phi) is 6.64. The fraction of sp³-hybridized carbons (Fsp3) is 0.429. The molecule has 1 aliphatic heterocycles. The molecule has 1 aromatic carbocycles. The number of methoxy groups -OCH3 is 1. The van der Waals surface area contributed by atoms with Crippen LogP contribution in [0.3, 0.4) is 0 Å². The van der Waals surface area contributed by atoms with Gasteiger partial charge in [-0.1, -0.05) is 0 Å². The predicted octanol–water partition coefficient (Wildman–Crippen LogP) is 2.75. The van der Waals surface area contributed by atoms with Crippen molar-refractivity contribution in [1.82, 2.24) is 15.1 Å². The normalized spacial score (nSPS) is 13.7. The predicted molar refractivity (Wildman–Crippen MR) is 108 cm³/mol. The van der Waals surface area contributed by atoms with E-state index in [1.54, 1.807) is 18.2 Å². The molecule has 0 spiro atoms. The lowest BCUT2D eigenvalue weighted by Crippen LogP contribution is -2.38. The van der Waals surface area contributed by atoms with Crippen molar-refractivity contribution in [3.8, 4) is 11.6 Å². The van der Waals surface area contributed by atoms with Crippen molar-refractivity contribution in [2.24, 2.45) is 0 Å². The highest BCUT2D eigenvalue weighted by atomic mass is 16.5. The molecule has 3 rings (SSSR count). The summed E-state index contributed by atoms with van der Waals surface area (Å²) >= 11 is 0. The van der Waals surface area contributed by atoms with Gasteiger partial charge >= 0.3 is 0 Å². The maximum absolute atomic E-state index is 12.7. The molecule has 0 bridgehead atoms. The molecule has 8 heteroatoms. The molecule has 2 amide bonds. The summed E-state index contributed by atoms with van der Waals surface area (Å²) in [5.74, 6) is 0.585. The van der Waals surface area contributed by atoms with Gasteiger partial charge in [0.15, 0.2) is 6.61 Å². The first-order valence-corrected chi connectivity index (χ1v) is 9.68. The third-order valence-corrected chi connectivity index (χ3v) is 4.90. The first-order chi connectivity index (χ1) is 14.0. The van der Waals surface area contributed by atoms with Crippen molar-refractivity contribution in [1.29, 1.82) is 0 Å². The molecule has 1 N–H and O–H groups in total. The summed E-state index contributed by atoms with van der Waals surface area (Å²) in [4.78, 5) is 26.9. The lowest BCUT2D eigenvalue weighted by Gasteiger charge is -2.26. The number of rotatable bonds is 6. The van der Waals surface area contributed by atoms with Crippen LogP contribution in [0.4, 0.5) is 5.69 Å². The van der Waals surface area contributed by atoms with Crippen LogP contribution in [0, 0.1) is 13.8 Å². The van der Waals surface area contributed by atoms with Gasteiger partial charge in [-0.3, -0.25) is 9.59 Å². The van der Waals surface area contributed by atoms with Gasteiger partial charge in [-0.15, -0.1) is 5.10 Å². The van der Waals surface area contributed by atoms with Crippen molar-refractivity contribution >= 4 is 17.5 Å². The van der Waals surface area contributed by atoms with Gasteiger partial charge < -0.3 is 19.7 Å². The van der Waals surface area contributed by atoms with Crippen molar-refractivity contribution in [3.05, 3.63) is 41.1 Å². The number of nitrogens with one attached hydrogen (secondary N) is 1. The Labute approximate surface area is 170 Å². The highest BCUT2D eigenvalue weighted by Crippen LogP contribution is 2.26. The van der Waals surface area contributed by atoms with E-state index < -0.39 is 0 Å². The standard InChI is InChI=1S/C21H26N4O4/c1-14-11-16(20(27)23-17-7-8-22-24-21(17)28-3)12-15(2)19(14)29-13-18(26)25-9-5-4-6-10-25/h7-8,11-12H,4-6,9-10,13H2,1-3H3,(H,22,23,27). The Morgan fingerprint density at radius 2 is 1.83 bits per heavy atom. The van der Waals surface area contributed by atoms with Gasteiger partial charge in [-0.25, -0.2) is 0 Å². The molecule has 1 aliphatic rings. The number of benzene rings is 1. The summed E-state index contributed by atoms with van der Waals surface area (Å²) in [5.41, 5.74) is 2.51. The number of ether oxygens (including phenoxy) is 2. The summed E-state index contributed by atoms with van der Waals surface area (Å²) in [7, 11) is 1.46. The van der Waals surface area contributed by atoms with Gasteiger partial charge in [0, 0.05) is 18.7 Å². The van der Waals surface area contributed by atoms with Crippen LogP contribution in [-0.2, 0) is 4.79 Å². The monoisotopic (exact) mass is 398 g/mol. The summed E-state index contributed by atoms with van der Waals surface area (Å²) < 4.78 is 10.9. The number of aromatic nitrogens is 2. The van der Waals surface area contributed by atoms with Crippen molar-refractivity contribution < 1.29 is 19.1 Å². The molecule has 1 saturated heterocycles. The third-order valence-electron chi connectivity index (χ3n) is 4.90. The molecular weight excluding hydrogens is 372 g/mol. The topological polar surface area (TPSA) is 93.7 Å². The second-order valence-corrected chi connectivity index (χ2v) is 7.08. The second-order valence-electron chi connectivity index (χ2n) is 7.08. The van der Waals surface area contributed by atoms with Gasteiger partial charge in [0.1, 0.15) is 11.4 Å². The van der Waals surface area contributed by atoms with E-state index >= 15 is 0 Å². The van der Waals surface area contributed by atoms with Crippen LogP contribution in [0.5, 0.6) is 11.6 Å². The molecule has 29 heavy (non-hydrogen) atoms. The minimum Gasteiger partial charge on any atom is -0.483 e. The fourth-order valence-corrected chi connectivity index (χ4v) is 3.44. The summed E-state index contributed by atoms with van der Waals surface area (Å²) in [6, 6.07) is 5.10. The number of hydrogen-bond acceptors (Lipinski definition) is 6. The number of carbonyl (C=O) groups is 2. The third kappa shape index (κ3) is 5.01. The quantitative estimate of drug-likeness (QED) is 0.804. The molecule has 2 heterocycles. The van der Waals surface area contributed by atoms with E-state index in [1.807, 2.05) is 18.7 Å². The van der Waals surface area contributed by atoms with E-state index in [0.29, 0.717) is 17.0 Å². The largest absolute Gasteiger partial charge is 0.483 e. The van der Waals surface area contributed by atoms with Crippen LogP contribution >= 0.6 is 0 Å². The first-order valence-electron chi connectivity index (χ1n) is 9.68. The number of nitrogens with zero attached hydrogens (tertiary/aromatic N) is 3. The molecule has 2 aromatic rings. The molecule has 1 fully saturated rings. The minimum atomic E-state index is -0.293. The second kappa shape index (κ2) is 9.36. The number of anilines is 1. The van der Waals surface area contributed by atoms with E-state index in [-0.39, 0.29) is 24.3 Å². The van der Waals surface area contributed by atoms with Gasteiger partial charge in [0.25, 0.3) is 17.7 Å². The smallest absolute Gasteiger partial charge is 0.260 e. The molecule has 0 atom stereocenters. The first kappa shape index (κ1) is 20.6. The van der Waals surface area contributed by atoms with Crippen LogP contribution in [0.1, 0.15) is 40.7 Å². The zero-order valence-corrected chi connectivity index (χ0v) is 17.0. The Hall–Kier alpha value is -3.16. The Balaban J connectivity index is 1.68. The number of hydrogen-bond donors (Lipinski definition) is 1. The molecule has 0 unspecified atom stereocenters. The molecule has 0 aliphatic carbocycles. The van der Waals surface area contributed by atoms with Gasteiger partial charge in [0.2, 0.25) is 0 Å². The van der Waals surface area contributed by atoms with E-state index in [4.69, 9.17) is 9.47 Å². The molecule has 1 aromatic heterocycles. The van der Waals surface area contributed by atoms with Crippen LogP contribution < -0.4 is 14.8 Å². The van der Waals surface area contributed by atoms with Crippen molar-refractivity contribution in [2.45, 2.75) is 33.1 Å². The van der Waals surface area contributed by atoms with Crippen LogP contribution in [0.25, 0.3) is 0 Å². The van der Waals surface area contributed by atoms with Crippen molar-refractivity contribution in [3.63, 3.8) is 0 Å². The highest BCUT2D eigenvalue weighted by Gasteiger charge is 2.19. The van der Waals surface area contributed by atoms with Crippen LogP contribution in [0.15, 0.2) is 24.4 Å². The molecular formula is C21H26N4O4. The zero-order valence-electron chi connectivity index (χ0n) is 17.0. The van der Waals surface area contributed by atoms with Crippen LogP contribution in [0.2, 0.25) is 0 Å². The van der Waals surface area contributed by atoms with Gasteiger partial charge in [-0.2, -0.15) is 5.10 Å². The Morgan fingerprint density at radius 3 is 2.48 bits per heavy atom. The van der Waals surface area contributed by atoms with Gasteiger partial charge in [-0.05, 0) is 62.4 Å². The van der Waals surface area contributed by atoms with E-state index in [9.17, 15) is 9.59 Å². The fourth-order valence-electron chi connectivity index (χ4n) is 3.44. The van der Waals surface area contributed by atoms with E-state index in [1.165, 1.54) is 19.7 Å². The number of amides is 2. The summed E-state index contributed by atoms with van der Waals surface area (Å²) in [5, 5.41) is 10.3. The molecule has 0 saturated carbocycles. The maximum atomic E-state index is 12.7. The summed E-state index contributed by atoms with van der Waals surface area (Å²) in [6.07, 6.45) is 4.75. The highest BCUT2D eigenvalue weighted by molar-refractivity contribution is 6.05. The minimum absolute atomic E-state index is 0.00241. The Bertz CT molecular complexity index is 871. The number of carbonyl (C=O) groups excluding carboxylic acids is 2. The van der Waals surface area contributed by atoms with Crippen LogP contribution in [-0.4, -0.2) is 53.7 Å². The van der Waals surface area contributed by atoms with Gasteiger partial charge in [0.05, 0.1) is 13.3 Å². The Morgan fingerprint density at radius 1 is 1.14 bits per heavy atom.